The van der Waals surface area contributed by atoms with E-state index in [1.165, 1.54) is 36.8 Å². The van der Waals surface area contributed by atoms with Crippen LogP contribution < -0.4 is 0 Å². The number of rotatable bonds is 6. The van der Waals surface area contributed by atoms with E-state index in [9.17, 15) is 5.11 Å². The molecule has 6 atom stereocenters. The molecule has 1 fully saturated rings. The van der Waals surface area contributed by atoms with Crippen LogP contribution in [-0.2, 0) is 0 Å². The summed E-state index contributed by atoms with van der Waals surface area (Å²) in [4.78, 5) is 0. The van der Waals surface area contributed by atoms with Gasteiger partial charge in [-0.3, -0.25) is 0 Å². The van der Waals surface area contributed by atoms with Gasteiger partial charge in [0, 0.05) is 0 Å². The Balaban J connectivity index is 1.73. The van der Waals surface area contributed by atoms with Crippen molar-refractivity contribution in [3.63, 3.8) is 0 Å². The SMILES string of the molecule is CC1=C(/C=C/C2=CCC[C@]3(C)[C@@H]([C@H](C)/C=C/[C@H](C)C(C)C)CC[C@@H]23)C[C@@H](O)CC1. The predicted octanol–water partition coefficient (Wildman–Crippen LogP) is 7.64. The monoisotopic (exact) mass is 396 g/mol. The van der Waals surface area contributed by atoms with Gasteiger partial charge >= 0.3 is 0 Å². The summed E-state index contributed by atoms with van der Waals surface area (Å²) < 4.78 is 0. The third-order valence-electron chi connectivity index (χ3n) is 8.61. The Bertz CT molecular complexity index is 691. The number of allylic oxidation sites excluding steroid dienone is 7. The molecule has 1 N–H and O–H groups in total. The van der Waals surface area contributed by atoms with E-state index in [4.69, 9.17) is 0 Å². The van der Waals surface area contributed by atoms with Crippen LogP contribution in [-0.4, -0.2) is 11.2 Å². The second kappa shape index (κ2) is 9.38. The molecule has 0 aliphatic heterocycles. The lowest BCUT2D eigenvalue weighted by Crippen LogP contribution is -2.34. The molecule has 0 radical (unpaired) electrons. The smallest absolute Gasteiger partial charge is 0.0583 e. The summed E-state index contributed by atoms with van der Waals surface area (Å²) in [6, 6.07) is 0. The first kappa shape index (κ1) is 22.6. The Labute approximate surface area is 180 Å². The first-order valence-electron chi connectivity index (χ1n) is 12.2. The molecule has 0 amide bonds. The van der Waals surface area contributed by atoms with E-state index in [0.29, 0.717) is 23.2 Å². The quantitative estimate of drug-likeness (QED) is 0.457. The number of hydrogen-bond donors (Lipinski definition) is 1. The normalized spacial score (nSPS) is 35.4. The van der Waals surface area contributed by atoms with Gasteiger partial charge in [-0.05, 0) is 98.0 Å². The molecule has 3 aliphatic carbocycles. The van der Waals surface area contributed by atoms with Crippen molar-refractivity contribution in [2.24, 2.45) is 35.0 Å². The van der Waals surface area contributed by atoms with E-state index in [0.717, 1.165) is 31.1 Å². The molecule has 0 unspecified atom stereocenters. The van der Waals surface area contributed by atoms with Crippen LogP contribution in [0.2, 0.25) is 0 Å². The van der Waals surface area contributed by atoms with Gasteiger partial charge in [-0.1, -0.05) is 70.6 Å². The third kappa shape index (κ3) is 4.98. The molecular formula is C28H44O. The number of fused-ring (bicyclic) bond motifs is 1. The molecule has 0 bridgehead atoms. The van der Waals surface area contributed by atoms with Gasteiger partial charge in [0.1, 0.15) is 0 Å². The second-order valence-corrected chi connectivity index (χ2v) is 10.9. The third-order valence-corrected chi connectivity index (χ3v) is 8.61. The van der Waals surface area contributed by atoms with E-state index in [-0.39, 0.29) is 6.10 Å². The highest BCUT2D eigenvalue weighted by atomic mass is 16.3. The molecule has 3 aliphatic rings. The standard InChI is InChI=1S/C28H44O/c1-19(2)20(3)9-10-22(5)26-15-16-27-23(8-7-17-28(26,27)6)12-13-24-18-25(29)14-11-21(24)4/h8-10,12-13,19-20,22,25-27,29H,7,11,14-18H2,1-6H3/b10-9+,13-12+/t20-,22+,25-,26+,27-,28+/m0/s1. The van der Waals surface area contributed by atoms with Gasteiger partial charge in [0.2, 0.25) is 0 Å². The molecule has 3 rings (SSSR count). The molecule has 0 aromatic heterocycles. The zero-order valence-corrected chi connectivity index (χ0v) is 19.7. The predicted molar refractivity (Wildman–Crippen MR) is 126 cm³/mol. The Morgan fingerprint density at radius 3 is 2.55 bits per heavy atom. The average molecular weight is 397 g/mol. The highest BCUT2D eigenvalue weighted by Gasteiger charge is 2.49. The maximum atomic E-state index is 10.1. The summed E-state index contributed by atoms with van der Waals surface area (Å²) >= 11 is 0. The van der Waals surface area contributed by atoms with Gasteiger partial charge < -0.3 is 5.11 Å². The van der Waals surface area contributed by atoms with Crippen LogP contribution in [0.4, 0.5) is 0 Å². The van der Waals surface area contributed by atoms with E-state index in [2.05, 4.69) is 71.9 Å². The van der Waals surface area contributed by atoms with E-state index in [1.807, 2.05) is 0 Å². The summed E-state index contributed by atoms with van der Waals surface area (Å²) in [5, 5.41) is 10.1. The maximum absolute atomic E-state index is 10.1. The van der Waals surface area contributed by atoms with Crippen molar-refractivity contribution in [2.45, 2.75) is 92.6 Å². The van der Waals surface area contributed by atoms with Crippen molar-refractivity contribution >= 4 is 0 Å². The van der Waals surface area contributed by atoms with Crippen LogP contribution in [0, 0.1) is 35.0 Å². The summed E-state index contributed by atoms with van der Waals surface area (Å²) in [6.07, 6.45) is 20.1. The molecular weight excluding hydrogens is 352 g/mol. The van der Waals surface area contributed by atoms with E-state index >= 15 is 0 Å². The molecule has 0 aromatic carbocycles. The minimum absolute atomic E-state index is 0.152. The van der Waals surface area contributed by atoms with Crippen LogP contribution >= 0.6 is 0 Å². The Kier molecular flexibility index (Phi) is 7.31. The molecule has 0 spiro atoms. The summed E-state index contributed by atoms with van der Waals surface area (Å²) in [7, 11) is 0. The fourth-order valence-electron chi connectivity index (χ4n) is 6.10. The lowest BCUT2D eigenvalue weighted by molar-refractivity contribution is 0.129. The van der Waals surface area contributed by atoms with Crippen molar-refractivity contribution in [1.82, 2.24) is 0 Å². The second-order valence-electron chi connectivity index (χ2n) is 10.9. The van der Waals surface area contributed by atoms with Crippen LogP contribution in [0.5, 0.6) is 0 Å². The minimum Gasteiger partial charge on any atom is -0.393 e. The highest BCUT2D eigenvalue weighted by molar-refractivity contribution is 5.36. The van der Waals surface area contributed by atoms with Gasteiger partial charge in [0.05, 0.1) is 6.10 Å². The van der Waals surface area contributed by atoms with Gasteiger partial charge in [-0.15, -0.1) is 0 Å². The van der Waals surface area contributed by atoms with Gasteiger partial charge in [0.15, 0.2) is 0 Å². The van der Waals surface area contributed by atoms with Gasteiger partial charge in [-0.2, -0.15) is 0 Å². The van der Waals surface area contributed by atoms with Crippen molar-refractivity contribution in [3.05, 3.63) is 47.1 Å². The zero-order chi connectivity index (χ0) is 21.2. The Hall–Kier alpha value is -1.08. The molecule has 1 nitrogen and oxygen atoms in total. The molecule has 0 saturated heterocycles. The van der Waals surface area contributed by atoms with Crippen LogP contribution in [0.1, 0.15) is 86.5 Å². The average Bonchev–Trinajstić information content (AvgIpc) is 3.04. The van der Waals surface area contributed by atoms with Crippen LogP contribution in [0.15, 0.2) is 47.1 Å². The van der Waals surface area contributed by atoms with Crippen LogP contribution in [0.3, 0.4) is 0 Å². The number of aliphatic hydroxyl groups excluding tert-OH is 1. The maximum Gasteiger partial charge on any atom is 0.0583 e. The first-order valence-corrected chi connectivity index (χ1v) is 12.2. The van der Waals surface area contributed by atoms with Crippen molar-refractivity contribution in [1.29, 1.82) is 0 Å². The first-order chi connectivity index (χ1) is 13.7. The van der Waals surface area contributed by atoms with Gasteiger partial charge in [-0.25, -0.2) is 0 Å². The van der Waals surface area contributed by atoms with Crippen LogP contribution in [0.25, 0.3) is 0 Å². The summed E-state index contributed by atoms with van der Waals surface area (Å²) in [5.41, 5.74) is 4.82. The molecule has 1 saturated carbocycles. The molecule has 29 heavy (non-hydrogen) atoms. The highest BCUT2D eigenvalue weighted by Crippen LogP contribution is 2.58. The lowest BCUT2D eigenvalue weighted by atomic mass is 9.62. The molecule has 162 valence electrons. The lowest BCUT2D eigenvalue weighted by Gasteiger charge is -2.42. The number of aliphatic hydroxyl groups is 1. The fraction of sp³-hybridized carbons (Fsp3) is 0.714. The molecule has 0 aromatic rings. The van der Waals surface area contributed by atoms with Gasteiger partial charge in [0.25, 0.3) is 0 Å². The Morgan fingerprint density at radius 1 is 1.07 bits per heavy atom. The largest absolute Gasteiger partial charge is 0.393 e. The summed E-state index contributed by atoms with van der Waals surface area (Å²) in [6.45, 7) is 14.2. The van der Waals surface area contributed by atoms with E-state index < -0.39 is 0 Å². The summed E-state index contributed by atoms with van der Waals surface area (Å²) in [5.74, 6) is 3.53. The Morgan fingerprint density at radius 2 is 1.83 bits per heavy atom. The molecule has 0 heterocycles. The van der Waals surface area contributed by atoms with Crippen molar-refractivity contribution < 1.29 is 5.11 Å². The van der Waals surface area contributed by atoms with Crippen molar-refractivity contribution in [2.75, 3.05) is 0 Å². The zero-order valence-electron chi connectivity index (χ0n) is 19.7. The van der Waals surface area contributed by atoms with E-state index in [1.54, 1.807) is 5.57 Å². The van der Waals surface area contributed by atoms with Crippen molar-refractivity contribution in [3.8, 4) is 0 Å². The number of hydrogen-bond acceptors (Lipinski definition) is 1. The minimum atomic E-state index is -0.152. The topological polar surface area (TPSA) is 20.2 Å². The molecule has 1 heteroatoms. The fourth-order valence-corrected chi connectivity index (χ4v) is 6.10.